The van der Waals surface area contributed by atoms with Crippen LogP contribution in [-0.4, -0.2) is 66.7 Å². The highest BCUT2D eigenvalue weighted by Crippen LogP contribution is 2.03. The van der Waals surface area contributed by atoms with E-state index in [1.807, 2.05) is 27.9 Å². The van der Waals surface area contributed by atoms with Crippen LogP contribution in [0.15, 0.2) is 0 Å². The first-order valence-electron chi connectivity index (χ1n) is 6.79. The number of amides is 2. The minimum atomic E-state index is -0.983. The van der Waals surface area contributed by atoms with E-state index in [2.05, 4.69) is 10.2 Å². The van der Waals surface area contributed by atoms with Crippen LogP contribution in [0.3, 0.4) is 0 Å². The molecule has 0 spiro atoms. The Kier molecular flexibility index (Phi) is 8.95. The molecule has 6 nitrogen and oxygen atoms in total. The zero-order valence-corrected chi connectivity index (χ0v) is 12.5. The lowest BCUT2D eigenvalue weighted by Crippen LogP contribution is -2.47. The van der Waals surface area contributed by atoms with Gasteiger partial charge in [0.2, 0.25) is 0 Å². The number of carboxylic acid groups (broad SMARTS) is 1. The van der Waals surface area contributed by atoms with Crippen LogP contribution in [0.2, 0.25) is 0 Å². The Balaban J connectivity index is 4.07. The molecule has 2 N–H and O–H groups in total. The molecule has 0 aromatic carbocycles. The summed E-state index contributed by atoms with van der Waals surface area (Å²) in [6.07, 6.45) is 2.64. The Morgan fingerprint density at radius 1 is 1.26 bits per heavy atom. The van der Waals surface area contributed by atoms with E-state index in [1.54, 1.807) is 0 Å². The van der Waals surface area contributed by atoms with Crippen LogP contribution in [0.4, 0.5) is 4.79 Å². The van der Waals surface area contributed by atoms with E-state index in [1.165, 1.54) is 4.90 Å². The van der Waals surface area contributed by atoms with Crippen molar-refractivity contribution in [3.05, 3.63) is 0 Å². The molecule has 0 aliphatic rings. The normalized spacial score (nSPS) is 12.3. The average Bonchev–Trinajstić information content (AvgIpc) is 2.33. The van der Waals surface area contributed by atoms with Crippen LogP contribution in [0.5, 0.6) is 0 Å². The number of carbonyl (C=O) groups excluding carboxylic acids is 1. The molecule has 6 heteroatoms. The minimum absolute atomic E-state index is 0.0714. The molecular formula is C13H27N3O3. The van der Waals surface area contributed by atoms with Gasteiger partial charge >= 0.3 is 12.0 Å². The van der Waals surface area contributed by atoms with Crippen molar-refractivity contribution in [3.8, 4) is 0 Å². The smallest absolute Gasteiger partial charge is 0.323 e. The van der Waals surface area contributed by atoms with Gasteiger partial charge in [0.1, 0.15) is 6.54 Å². The molecule has 1 atom stereocenters. The van der Waals surface area contributed by atoms with Gasteiger partial charge in [-0.1, -0.05) is 6.92 Å². The van der Waals surface area contributed by atoms with Crippen LogP contribution >= 0.6 is 0 Å². The Labute approximate surface area is 115 Å². The van der Waals surface area contributed by atoms with Crippen LogP contribution in [-0.2, 0) is 4.79 Å². The van der Waals surface area contributed by atoms with Crippen molar-refractivity contribution in [2.24, 2.45) is 0 Å². The molecule has 0 saturated heterocycles. The summed E-state index contributed by atoms with van der Waals surface area (Å²) in [6.45, 7) is 5.11. The van der Waals surface area contributed by atoms with Gasteiger partial charge < -0.3 is 20.2 Å². The molecule has 0 aromatic heterocycles. The number of carbonyl (C=O) groups is 2. The summed E-state index contributed by atoms with van der Waals surface area (Å²) in [5.74, 6) is -0.983. The average molecular weight is 273 g/mol. The number of carboxylic acids is 1. The van der Waals surface area contributed by atoms with Gasteiger partial charge in [-0.15, -0.1) is 0 Å². The fraction of sp³-hybridized carbons (Fsp3) is 0.846. The van der Waals surface area contributed by atoms with Crippen molar-refractivity contribution in [1.29, 1.82) is 0 Å². The van der Waals surface area contributed by atoms with E-state index in [-0.39, 0.29) is 18.6 Å². The van der Waals surface area contributed by atoms with Gasteiger partial charge in [0.25, 0.3) is 0 Å². The van der Waals surface area contributed by atoms with Crippen LogP contribution < -0.4 is 5.32 Å². The first-order valence-corrected chi connectivity index (χ1v) is 6.79. The maximum absolute atomic E-state index is 11.9. The molecule has 0 bridgehead atoms. The Bertz CT molecular complexity index is 282. The fourth-order valence-corrected chi connectivity index (χ4v) is 1.64. The highest BCUT2D eigenvalue weighted by Gasteiger charge is 2.20. The summed E-state index contributed by atoms with van der Waals surface area (Å²) in [7, 11) is 4.02. The second-order valence-electron chi connectivity index (χ2n) is 5.02. The quantitative estimate of drug-likeness (QED) is 0.620. The van der Waals surface area contributed by atoms with Gasteiger partial charge in [-0.05, 0) is 46.8 Å². The topological polar surface area (TPSA) is 72.9 Å². The summed E-state index contributed by atoms with van der Waals surface area (Å²) in [4.78, 5) is 26.1. The number of hydrogen-bond acceptors (Lipinski definition) is 3. The lowest BCUT2D eigenvalue weighted by atomic mass is 10.2. The zero-order chi connectivity index (χ0) is 14.8. The van der Waals surface area contributed by atoms with Crippen molar-refractivity contribution in [1.82, 2.24) is 15.1 Å². The monoisotopic (exact) mass is 273 g/mol. The number of hydrogen-bond donors (Lipinski definition) is 2. The maximum atomic E-state index is 11.9. The lowest BCUT2D eigenvalue weighted by molar-refractivity contribution is -0.138. The maximum Gasteiger partial charge on any atom is 0.323 e. The molecular weight excluding hydrogens is 246 g/mol. The molecule has 0 rings (SSSR count). The standard InChI is InChI=1S/C13H27N3O3/c1-5-11(2)16(10-12(17)18)13(19)14-8-6-7-9-15(3)4/h11H,5-10H2,1-4H3,(H,14,19)(H,17,18). The van der Waals surface area contributed by atoms with Gasteiger partial charge in [-0.25, -0.2) is 4.79 Å². The van der Waals surface area contributed by atoms with Crippen molar-refractivity contribution in [3.63, 3.8) is 0 Å². The minimum Gasteiger partial charge on any atom is -0.480 e. The fourth-order valence-electron chi connectivity index (χ4n) is 1.64. The SMILES string of the molecule is CCC(C)N(CC(=O)O)C(=O)NCCCCN(C)C. The first-order chi connectivity index (χ1) is 8.88. The van der Waals surface area contributed by atoms with Gasteiger partial charge in [0.05, 0.1) is 0 Å². The van der Waals surface area contributed by atoms with Crippen molar-refractivity contribution in [2.75, 3.05) is 33.7 Å². The summed E-state index contributed by atoms with van der Waals surface area (Å²) >= 11 is 0. The van der Waals surface area contributed by atoms with E-state index in [0.717, 1.165) is 25.8 Å². The number of urea groups is 1. The van der Waals surface area contributed by atoms with E-state index in [0.29, 0.717) is 6.54 Å². The molecule has 112 valence electrons. The third kappa shape index (κ3) is 8.42. The second-order valence-corrected chi connectivity index (χ2v) is 5.02. The lowest BCUT2D eigenvalue weighted by Gasteiger charge is -2.27. The molecule has 0 aliphatic heterocycles. The van der Waals surface area contributed by atoms with Gasteiger partial charge in [-0.3, -0.25) is 4.79 Å². The van der Waals surface area contributed by atoms with E-state index >= 15 is 0 Å². The molecule has 0 fully saturated rings. The number of rotatable bonds is 9. The zero-order valence-electron chi connectivity index (χ0n) is 12.5. The molecule has 19 heavy (non-hydrogen) atoms. The van der Waals surface area contributed by atoms with Crippen molar-refractivity contribution >= 4 is 12.0 Å². The third-order valence-electron chi connectivity index (χ3n) is 3.00. The van der Waals surface area contributed by atoms with E-state index < -0.39 is 5.97 Å². The number of nitrogens with zero attached hydrogens (tertiary/aromatic N) is 2. The molecule has 0 aliphatic carbocycles. The predicted molar refractivity (Wildman–Crippen MR) is 75.3 cm³/mol. The molecule has 0 saturated carbocycles. The summed E-state index contributed by atoms with van der Waals surface area (Å²) in [5.41, 5.74) is 0. The first kappa shape index (κ1) is 17.7. The highest BCUT2D eigenvalue weighted by molar-refractivity contribution is 5.80. The predicted octanol–water partition coefficient (Wildman–Crippen LogP) is 1.22. The van der Waals surface area contributed by atoms with Crippen molar-refractivity contribution < 1.29 is 14.7 Å². The number of aliphatic carboxylic acids is 1. The largest absolute Gasteiger partial charge is 0.480 e. The summed E-state index contributed by atoms with van der Waals surface area (Å²) in [6, 6.07) is -0.362. The van der Waals surface area contributed by atoms with E-state index in [4.69, 9.17) is 5.11 Å². The van der Waals surface area contributed by atoms with E-state index in [9.17, 15) is 9.59 Å². The molecule has 0 aromatic rings. The van der Waals surface area contributed by atoms with Gasteiger partial charge in [0.15, 0.2) is 0 Å². The Morgan fingerprint density at radius 3 is 2.37 bits per heavy atom. The molecule has 0 radical (unpaired) electrons. The number of nitrogens with one attached hydrogen (secondary N) is 1. The molecule has 2 amide bonds. The summed E-state index contributed by atoms with van der Waals surface area (Å²) < 4.78 is 0. The Hall–Kier alpha value is -1.30. The summed E-state index contributed by atoms with van der Waals surface area (Å²) in [5, 5.41) is 11.6. The molecule has 1 unspecified atom stereocenters. The van der Waals surface area contributed by atoms with Gasteiger partial charge in [0, 0.05) is 12.6 Å². The second kappa shape index (κ2) is 9.61. The number of unbranched alkanes of at least 4 members (excludes halogenated alkanes) is 1. The van der Waals surface area contributed by atoms with Crippen molar-refractivity contribution in [2.45, 2.75) is 39.2 Å². The van der Waals surface area contributed by atoms with Crippen LogP contribution in [0.1, 0.15) is 33.1 Å². The van der Waals surface area contributed by atoms with Crippen LogP contribution in [0.25, 0.3) is 0 Å². The van der Waals surface area contributed by atoms with Gasteiger partial charge in [-0.2, -0.15) is 0 Å². The van der Waals surface area contributed by atoms with Crippen LogP contribution in [0, 0.1) is 0 Å². The highest BCUT2D eigenvalue weighted by atomic mass is 16.4. The Morgan fingerprint density at radius 2 is 1.89 bits per heavy atom. The molecule has 0 heterocycles. The third-order valence-corrected chi connectivity index (χ3v) is 3.00.